The molecular formula is C19H31N5O10S. The van der Waals surface area contributed by atoms with Gasteiger partial charge in [0.1, 0.15) is 18.1 Å². The van der Waals surface area contributed by atoms with E-state index in [1.54, 1.807) is 6.26 Å². The highest BCUT2D eigenvalue weighted by Gasteiger charge is 2.31. The Morgan fingerprint density at radius 1 is 0.743 bits per heavy atom. The molecule has 0 radical (unpaired) electrons. The second-order valence-corrected chi connectivity index (χ2v) is 8.43. The minimum Gasteiger partial charge on any atom is -0.481 e. The van der Waals surface area contributed by atoms with Crippen molar-refractivity contribution in [2.45, 2.75) is 62.7 Å². The molecule has 16 heteroatoms. The van der Waals surface area contributed by atoms with E-state index in [-0.39, 0.29) is 6.42 Å². The van der Waals surface area contributed by atoms with Crippen LogP contribution in [0.25, 0.3) is 0 Å². The number of carboxylic acid groups (broad SMARTS) is 3. The lowest BCUT2D eigenvalue weighted by molar-refractivity contribution is -0.144. The van der Waals surface area contributed by atoms with Crippen molar-refractivity contribution in [2.75, 3.05) is 12.0 Å². The van der Waals surface area contributed by atoms with Crippen molar-refractivity contribution in [3.8, 4) is 0 Å². The normalized spacial score (nSPS) is 14.0. The molecule has 35 heavy (non-hydrogen) atoms. The highest BCUT2D eigenvalue weighted by atomic mass is 32.2. The smallest absolute Gasteiger partial charge is 0.326 e. The van der Waals surface area contributed by atoms with Gasteiger partial charge < -0.3 is 42.7 Å². The number of aliphatic carboxylic acids is 3. The Kier molecular flexibility index (Phi) is 14.7. The van der Waals surface area contributed by atoms with Gasteiger partial charge in [-0.05, 0) is 31.3 Å². The monoisotopic (exact) mass is 521 g/mol. The van der Waals surface area contributed by atoms with Crippen LogP contribution in [0.4, 0.5) is 0 Å². The Morgan fingerprint density at radius 2 is 1.17 bits per heavy atom. The quantitative estimate of drug-likeness (QED) is 0.0909. The number of carbonyl (C=O) groups is 7. The van der Waals surface area contributed by atoms with Gasteiger partial charge in [-0.3, -0.25) is 28.8 Å². The molecule has 0 aromatic rings. The van der Waals surface area contributed by atoms with Crippen LogP contribution in [0.15, 0.2) is 0 Å². The van der Waals surface area contributed by atoms with E-state index in [1.807, 2.05) is 0 Å². The average Bonchev–Trinajstić information content (AvgIpc) is 2.75. The Hall–Kier alpha value is -3.40. The molecule has 15 nitrogen and oxygen atoms in total. The van der Waals surface area contributed by atoms with Crippen molar-refractivity contribution in [1.29, 1.82) is 0 Å². The van der Waals surface area contributed by atoms with E-state index in [4.69, 9.17) is 21.7 Å². The fourth-order valence-corrected chi connectivity index (χ4v) is 3.17. The SMILES string of the molecule is CSCCC(NC(=O)C(N)CC(N)=O)C(=O)NC(CCC(=O)O)C(=O)NC(CCC(=O)O)C(=O)O. The lowest BCUT2D eigenvalue weighted by Gasteiger charge is -2.25. The molecule has 0 aliphatic carbocycles. The second-order valence-electron chi connectivity index (χ2n) is 7.44. The first-order chi connectivity index (χ1) is 16.3. The van der Waals surface area contributed by atoms with Gasteiger partial charge in [-0.1, -0.05) is 0 Å². The van der Waals surface area contributed by atoms with Crippen molar-refractivity contribution in [3.63, 3.8) is 0 Å². The van der Waals surface area contributed by atoms with Crippen LogP contribution in [-0.4, -0.2) is 93.0 Å². The van der Waals surface area contributed by atoms with Crippen molar-refractivity contribution < 1.29 is 48.9 Å². The summed E-state index contributed by atoms with van der Waals surface area (Å²) in [5.41, 5.74) is 10.6. The van der Waals surface area contributed by atoms with Gasteiger partial charge in [0.15, 0.2) is 0 Å². The maximum absolute atomic E-state index is 12.8. The molecule has 4 unspecified atom stereocenters. The summed E-state index contributed by atoms with van der Waals surface area (Å²) in [7, 11) is 0. The molecule has 0 bridgehead atoms. The molecule has 0 heterocycles. The zero-order chi connectivity index (χ0) is 27.1. The van der Waals surface area contributed by atoms with Crippen LogP contribution < -0.4 is 27.4 Å². The van der Waals surface area contributed by atoms with Crippen LogP contribution in [0.1, 0.15) is 38.5 Å². The average molecular weight is 522 g/mol. The summed E-state index contributed by atoms with van der Waals surface area (Å²) in [6.07, 6.45) is -0.621. The van der Waals surface area contributed by atoms with E-state index in [0.717, 1.165) is 0 Å². The maximum atomic E-state index is 12.8. The first kappa shape index (κ1) is 31.6. The number of nitrogens with two attached hydrogens (primary N) is 2. The summed E-state index contributed by atoms with van der Waals surface area (Å²) in [6.45, 7) is 0. The summed E-state index contributed by atoms with van der Waals surface area (Å²) in [5, 5.41) is 33.7. The minimum absolute atomic E-state index is 0.0890. The third kappa shape index (κ3) is 13.8. The summed E-state index contributed by atoms with van der Waals surface area (Å²) < 4.78 is 0. The van der Waals surface area contributed by atoms with Crippen LogP contribution in [0, 0.1) is 0 Å². The molecule has 4 atom stereocenters. The minimum atomic E-state index is -1.60. The van der Waals surface area contributed by atoms with E-state index in [0.29, 0.717) is 5.75 Å². The number of thioether (sulfide) groups is 1. The van der Waals surface area contributed by atoms with Gasteiger partial charge in [-0.15, -0.1) is 0 Å². The van der Waals surface area contributed by atoms with Crippen LogP contribution in [0.2, 0.25) is 0 Å². The van der Waals surface area contributed by atoms with Crippen molar-refractivity contribution in [1.82, 2.24) is 16.0 Å². The van der Waals surface area contributed by atoms with Gasteiger partial charge in [0.25, 0.3) is 0 Å². The number of carboxylic acids is 3. The standard InChI is InChI=1S/C19H31N5O10S/c1-35-7-6-11(22-16(30)9(20)8-13(21)25)18(32)23-10(2-4-14(26)27)17(31)24-12(19(33)34)3-5-15(28)29/h9-12H,2-8,20H2,1H3,(H2,21,25)(H,22,30)(H,23,32)(H,24,31)(H,26,27)(H,28,29)(H,33,34). The fourth-order valence-electron chi connectivity index (χ4n) is 2.70. The Balaban J connectivity index is 5.55. The van der Waals surface area contributed by atoms with Gasteiger partial charge >= 0.3 is 17.9 Å². The molecule has 0 fully saturated rings. The van der Waals surface area contributed by atoms with Crippen molar-refractivity contribution in [3.05, 3.63) is 0 Å². The lowest BCUT2D eigenvalue weighted by Crippen LogP contribution is -2.57. The molecule has 0 aliphatic heterocycles. The molecule has 4 amide bonds. The van der Waals surface area contributed by atoms with Gasteiger partial charge in [-0.2, -0.15) is 11.8 Å². The highest BCUT2D eigenvalue weighted by molar-refractivity contribution is 7.98. The highest BCUT2D eigenvalue weighted by Crippen LogP contribution is 2.06. The number of hydrogen-bond donors (Lipinski definition) is 8. The molecule has 198 valence electrons. The molecule has 0 aromatic carbocycles. The van der Waals surface area contributed by atoms with E-state index < -0.39 is 97.8 Å². The van der Waals surface area contributed by atoms with E-state index >= 15 is 0 Å². The summed E-state index contributed by atoms with van der Waals surface area (Å²) in [4.78, 5) is 81.8. The van der Waals surface area contributed by atoms with Crippen LogP contribution >= 0.6 is 11.8 Å². The fraction of sp³-hybridized carbons (Fsp3) is 0.632. The van der Waals surface area contributed by atoms with Gasteiger partial charge in [-0.25, -0.2) is 4.79 Å². The third-order valence-electron chi connectivity index (χ3n) is 4.54. The molecule has 10 N–H and O–H groups in total. The second kappa shape index (κ2) is 16.3. The summed E-state index contributed by atoms with van der Waals surface area (Å²) in [5.74, 6) is -7.30. The first-order valence-corrected chi connectivity index (χ1v) is 11.8. The predicted molar refractivity (Wildman–Crippen MR) is 122 cm³/mol. The Bertz CT molecular complexity index is 809. The zero-order valence-electron chi connectivity index (χ0n) is 19.0. The van der Waals surface area contributed by atoms with Gasteiger partial charge in [0.2, 0.25) is 23.6 Å². The van der Waals surface area contributed by atoms with Gasteiger partial charge in [0.05, 0.1) is 12.5 Å². The number of carbonyl (C=O) groups excluding carboxylic acids is 4. The lowest BCUT2D eigenvalue weighted by atomic mass is 10.1. The Labute approximate surface area is 204 Å². The molecule has 0 aromatic heterocycles. The van der Waals surface area contributed by atoms with Crippen molar-refractivity contribution in [2.24, 2.45) is 11.5 Å². The number of amides is 4. The van der Waals surface area contributed by atoms with Crippen LogP contribution in [0.5, 0.6) is 0 Å². The first-order valence-electron chi connectivity index (χ1n) is 10.4. The molecule has 0 saturated heterocycles. The molecular weight excluding hydrogens is 490 g/mol. The third-order valence-corrected chi connectivity index (χ3v) is 5.19. The molecule has 0 rings (SSSR count). The topological polar surface area (TPSA) is 268 Å². The predicted octanol–water partition coefficient (Wildman–Crippen LogP) is -2.79. The van der Waals surface area contributed by atoms with Crippen molar-refractivity contribution >= 4 is 53.3 Å². The largest absolute Gasteiger partial charge is 0.481 e. The maximum Gasteiger partial charge on any atom is 0.326 e. The van der Waals surface area contributed by atoms with E-state index in [2.05, 4.69) is 16.0 Å². The van der Waals surface area contributed by atoms with Crippen LogP contribution in [0.3, 0.4) is 0 Å². The summed E-state index contributed by atoms with van der Waals surface area (Å²) >= 11 is 1.35. The number of nitrogens with one attached hydrogen (secondary N) is 3. The van der Waals surface area contributed by atoms with E-state index in [9.17, 15) is 38.7 Å². The molecule has 0 aliphatic rings. The zero-order valence-corrected chi connectivity index (χ0v) is 19.8. The number of hydrogen-bond acceptors (Lipinski definition) is 9. The van der Waals surface area contributed by atoms with Crippen LogP contribution in [-0.2, 0) is 33.6 Å². The Morgan fingerprint density at radius 3 is 1.60 bits per heavy atom. The number of rotatable bonds is 18. The molecule has 0 saturated carbocycles. The summed E-state index contributed by atoms with van der Waals surface area (Å²) in [6, 6.07) is -5.63. The number of primary amides is 1. The van der Waals surface area contributed by atoms with Gasteiger partial charge in [0, 0.05) is 12.8 Å². The van der Waals surface area contributed by atoms with E-state index in [1.165, 1.54) is 11.8 Å². The molecule has 0 spiro atoms.